The summed E-state index contributed by atoms with van der Waals surface area (Å²) in [5, 5.41) is 3.48. The quantitative estimate of drug-likeness (QED) is 0.747. The molecule has 154 valence electrons. The molecule has 28 heavy (non-hydrogen) atoms. The van der Waals surface area contributed by atoms with Crippen molar-refractivity contribution in [1.82, 2.24) is 10.2 Å². The number of piperazine rings is 1. The van der Waals surface area contributed by atoms with Crippen molar-refractivity contribution in [3.8, 4) is 0 Å². The van der Waals surface area contributed by atoms with Gasteiger partial charge in [0.15, 0.2) is 0 Å². The predicted octanol–water partition coefficient (Wildman–Crippen LogP) is 2.20. The summed E-state index contributed by atoms with van der Waals surface area (Å²) in [6, 6.07) is 4.89. The van der Waals surface area contributed by atoms with Gasteiger partial charge in [0.1, 0.15) is 11.9 Å². The van der Waals surface area contributed by atoms with Crippen molar-refractivity contribution in [2.24, 2.45) is 0 Å². The van der Waals surface area contributed by atoms with E-state index < -0.39 is 6.09 Å². The fourth-order valence-corrected chi connectivity index (χ4v) is 3.77. The molecule has 7 nitrogen and oxygen atoms in total. The monoisotopic (exact) mass is 410 g/mol. The van der Waals surface area contributed by atoms with Crippen LogP contribution in [0.2, 0.25) is 0 Å². The number of carbonyl (C=O) groups is 1. The first-order valence-electron chi connectivity index (χ1n) is 9.52. The molecule has 0 saturated carbocycles. The Labute approximate surface area is 170 Å². The number of nitrogens with one attached hydrogen (secondary N) is 1. The number of hydrogen-bond donors (Lipinski definition) is 1. The lowest BCUT2D eigenvalue weighted by Gasteiger charge is -2.37. The molecule has 0 radical (unpaired) electrons. The van der Waals surface area contributed by atoms with E-state index in [9.17, 15) is 9.18 Å². The molecule has 1 aromatic carbocycles. The summed E-state index contributed by atoms with van der Waals surface area (Å²) >= 11 is 5.31. The van der Waals surface area contributed by atoms with E-state index in [1.54, 1.807) is 19.2 Å². The smallest absolute Gasteiger partial charge is 0.414 e. The molecule has 0 spiro atoms. The van der Waals surface area contributed by atoms with Gasteiger partial charge in [-0.15, -0.1) is 0 Å². The molecule has 2 fully saturated rings. The van der Waals surface area contributed by atoms with E-state index in [0.717, 1.165) is 0 Å². The van der Waals surface area contributed by atoms with Gasteiger partial charge in [0, 0.05) is 32.7 Å². The predicted molar refractivity (Wildman–Crippen MR) is 111 cm³/mol. The Balaban J connectivity index is 1.62. The first-order chi connectivity index (χ1) is 13.4. The molecule has 1 unspecified atom stereocenters. The van der Waals surface area contributed by atoms with Gasteiger partial charge >= 0.3 is 6.09 Å². The Hall–Kier alpha value is -2.13. The highest BCUT2D eigenvalue weighted by molar-refractivity contribution is 7.80. The maximum absolute atomic E-state index is 14.8. The zero-order valence-corrected chi connectivity index (χ0v) is 17.3. The summed E-state index contributed by atoms with van der Waals surface area (Å²) in [7, 11) is 1.80. The average Bonchev–Trinajstić information content (AvgIpc) is 3.02. The number of nitrogens with zero attached hydrogens (tertiary/aromatic N) is 3. The van der Waals surface area contributed by atoms with Gasteiger partial charge in [-0.2, -0.15) is 0 Å². The van der Waals surface area contributed by atoms with Crippen LogP contribution in [0.5, 0.6) is 0 Å². The van der Waals surface area contributed by atoms with Gasteiger partial charge in [0.25, 0.3) is 5.17 Å². The zero-order valence-electron chi connectivity index (χ0n) is 16.5. The number of likely N-dealkylation sites (N-methyl/N-ethyl adjacent to an activating group) is 1. The van der Waals surface area contributed by atoms with Crippen LogP contribution in [0.3, 0.4) is 0 Å². The Bertz CT molecular complexity index is 725. The Kier molecular flexibility index (Phi) is 6.56. The Morgan fingerprint density at radius 1 is 1.36 bits per heavy atom. The molecule has 0 bridgehead atoms. The highest BCUT2D eigenvalue weighted by Gasteiger charge is 2.32. The molecule has 2 saturated heterocycles. The second kappa shape index (κ2) is 8.91. The first kappa shape index (κ1) is 20.6. The third-order valence-electron chi connectivity index (χ3n) is 4.76. The van der Waals surface area contributed by atoms with Gasteiger partial charge in [-0.3, -0.25) is 4.90 Å². The minimum atomic E-state index is -0.445. The van der Waals surface area contributed by atoms with E-state index in [0.29, 0.717) is 55.8 Å². The number of benzene rings is 1. The number of anilines is 2. The van der Waals surface area contributed by atoms with Gasteiger partial charge < -0.3 is 24.6 Å². The highest BCUT2D eigenvalue weighted by atomic mass is 32.1. The fraction of sp³-hybridized carbons (Fsp3) is 0.579. The van der Waals surface area contributed by atoms with Crippen molar-refractivity contribution in [2.75, 3.05) is 56.1 Å². The molecule has 2 heterocycles. The van der Waals surface area contributed by atoms with Crippen molar-refractivity contribution >= 4 is 34.9 Å². The van der Waals surface area contributed by atoms with Crippen molar-refractivity contribution in [1.29, 1.82) is 0 Å². The number of hydrogen-bond acceptors (Lipinski definition) is 6. The number of halogens is 1. The summed E-state index contributed by atoms with van der Waals surface area (Å²) in [6.45, 7) is 7.50. The van der Waals surface area contributed by atoms with Crippen LogP contribution in [-0.4, -0.2) is 74.7 Å². The molecular weight excluding hydrogens is 383 g/mol. The summed E-state index contributed by atoms with van der Waals surface area (Å²) in [5.74, 6) is -0.350. The number of ether oxygens (including phenoxy) is 2. The Morgan fingerprint density at radius 2 is 2.07 bits per heavy atom. The summed E-state index contributed by atoms with van der Waals surface area (Å²) < 4.78 is 25.6. The lowest BCUT2D eigenvalue weighted by Crippen LogP contribution is -2.49. The lowest BCUT2D eigenvalue weighted by atomic mass is 10.2. The zero-order chi connectivity index (χ0) is 20.3. The van der Waals surface area contributed by atoms with E-state index in [2.05, 4.69) is 5.32 Å². The molecular formula is C19H27FN4O3S. The molecule has 3 rings (SSSR count). The lowest BCUT2D eigenvalue weighted by molar-refractivity contribution is 0.141. The summed E-state index contributed by atoms with van der Waals surface area (Å²) in [5.41, 5.74) is 1.04. The highest BCUT2D eigenvalue weighted by Crippen LogP contribution is 2.28. The fourth-order valence-electron chi connectivity index (χ4n) is 3.39. The maximum atomic E-state index is 14.8. The van der Waals surface area contributed by atoms with Crippen LogP contribution in [0.15, 0.2) is 18.2 Å². The van der Waals surface area contributed by atoms with Crippen LogP contribution < -0.4 is 15.1 Å². The molecule has 0 aliphatic carbocycles. The van der Waals surface area contributed by atoms with Gasteiger partial charge in [-0.25, -0.2) is 9.18 Å². The molecule has 9 heteroatoms. The largest absolute Gasteiger partial charge is 0.468 e. The van der Waals surface area contributed by atoms with Crippen molar-refractivity contribution in [3.05, 3.63) is 24.0 Å². The van der Waals surface area contributed by atoms with E-state index in [4.69, 9.17) is 21.7 Å². The minimum absolute atomic E-state index is 0.0421. The van der Waals surface area contributed by atoms with E-state index in [1.165, 1.54) is 11.0 Å². The minimum Gasteiger partial charge on any atom is -0.468 e. The average molecular weight is 411 g/mol. The van der Waals surface area contributed by atoms with Crippen molar-refractivity contribution in [2.45, 2.75) is 26.1 Å². The molecule has 1 atom stereocenters. The SMILES string of the molecule is CNCC1CN(c2ccc(N3CCN(C(=S)OC(C)C)CC3)c(F)c2)C(=O)O1. The number of carbonyl (C=O) groups excluding carboxylic acids is 1. The third kappa shape index (κ3) is 4.64. The van der Waals surface area contributed by atoms with Crippen LogP contribution >= 0.6 is 12.2 Å². The van der Waals surface area contributed by atoms with E-state index in [1.807, 2.05) is 23.6 Å². The first-order valence-corrected chi connectivity index (χ1v) is 9.92. The van der Waals surface area contributed by atoms with Crippen LogP contribution in [-0.2, 0) is 9.47 Å². The summed E-state index contributed by atoms with van der Waals surface area (Å²) in [4.78, 5) is 17.5. The summed E-state index contributed by atoms with van der Waals surface area (Å²) in [6.07, 6.45) is -0.634. The molecule has 1 amide bonds. The van der Waals surface area contributed by atoms with Crippen molar-refractivity contribution < 1.29 is 18.7 Å². The number of cyclic esters (lactones) is 1. The number of thiocarbonyl (C=S) groups is 1. The second-order valence-corrected chi connectivity index (χ2v) is 7.57. The van der Waals surface area contributed by atoms with Gasteiger partial charge in [0.2, 0.25) is 0 Å². The normalized spacial score (nSPS) is 20.0. The molecule has 2 aliphatic rings. The number of amides is 1. The molecule has 1 aromatic rings. The number of rotatable bonds is 5. The van der Waals surface area contributed by atoms with Crippen LogP contribution in [0.4, 0.5) is 20.6 Å². The van der Waals surface area contributed by atoms with E-state index >= 15 is 0 Å². The van der Waals surface area contributed by atoms with Gasteiger partial charge in [0.05, 0.1) is 24.0 Å². The van der Waals surface area contributed by atoms with Gasteiger partial charge in [-0.1, -0.05) is 0 Å². The molecule has 2 aliphatic heterocycles. The standard InChI is InChI=1S/C19H27FN4O3S/c1-13(2)26-19(28)23-8-6-22(7-9-23)17-5-4-14(10-16(17)20)24-12-15(11-21-3)27-18(24)25/h4-5,10,13,15,21H,6-9,11-12H2,1-3H3. The van der Waals surface area contributed by atoms with E-state index in [-0.39, 0.29) is 18.0 Å². The van der Waals surface area contributed by atoms with Crippen LogP contribution in [0.25, 0.3) is 0 Å². The molecule has 1 N–H and O–H groups in total. The van der Waals surface area contributed by atoms with Crippen LogP contribution in [0, 0.1) is 5.82 Å². The Morgan fingerprint density at radius 3 is 2.68 bits per heavy atom. The van der Waals surface area contributed by atoms with Crippen molar-refractivity contribution in [3.63, 3.8) is 0 Å². The van der Waals surface area contributed by atoms with Gasteiger partial charge in [-0.05, 0) is 51.3 Å². The topological polar surface area (TPSA) is 57.3 Å². The third-order valence-corrected chi connectivity index (χ3v) is 5.12. The maximum Gasteiger partial charge on any atom is 0.414 e. The molecule has 0 aromatic heterocycles. The van der Waals surface area contributed by atoms with Crippen LogP contribution in [0.1, 0.15) is 13.8 Å². The second-order valence-electron chi connectivity index (χ2n) is 7.22.